The maximum atomic E-state index is 9.71. The van der Waals surface area contributed by atoms with Crippen molar-refractivity contribution in [3.05, 3.63) is 54.1 Å². The first-order chi connectivity index (χ1) is 11.7. The van der Waals surface area contributed by atoms with Gasteiger partial charge in [0.05, 0.1) is 13.2 Å². The Balaban J connectivity index is 1.63. The average Bonchev–Trinajstić information content (AvgIpc) is 2.63. The molecule has 0 radical (unpaired) electrons. The predicted molar refractivity (Wildman–Crippen MR) is 98.1 cm³/mol. The zero-order chi connectivity index (χ0) is 16.9. The van der Waals surface area contributed by atoms with Crippen molar-refractivity contribution in [3.63, 3.8) is 0 Å². The Morgan fingerprint density at radius 2 is 1.75 bits per heavy atom. The molecule has 1 unspecified atom stereocenters. The predicted octanol–water partition coefficient (Wildman–Crippen LogP) is 3.96. The molecule has 0 spiro atoms. The normalized spacial score (nSPS) is 17.6. The number of hydrogen-bond acceptors (Lipinski definition) is 3. The lowest BCUT2D eigenvalue weighted by Crippen LogP contribution is -2.36. The lowest BCUT2D eigenvalue weighted by Gasteiger charge is -2.33. The molecule has 1 heterocycles. The Hall–Kier alpha value is -1.84. The third-order valence-electron chi connectivity index (χ3n) is 5.09. The van der Waals surface area contributed by atoms with Crippen molar-refractivity contribution in [3.8, 4) is 16.9 Å². The Morgan fingerprint density at radius 1 is 1.08 bits per heavy atom. The summed E-state index contributed by atoms with van der Waals surface area (Å²) < 4.78 is 5.45. The maximum Gasteiger partial charge on any atom is 0.126 e. The van der Waals surface area contributed by atoms with Gasteiger partial charge in [-0.25, -0.2) is 0 Å². The molecule has 3 heteroatoms. The summed E-state index contributed by atoms with van der Waals surface area (Å²) >= 11 is 0. The molecule has 1 saturated heterocycles. The lowest BCUT2D eigenvalue weighted by molar-refractivity contribution is 0.0695. The third kappa shape index (κ3) is 3.97. The number of aliphatic hydroxyl groups excluding tert-OH is 1. The summed E-state index contributed by atoms with van der Waals surface area (Å²) in [5.41, 5.74) is 3.65. The first-order valence-electron chi connectivity index (χ1n) is 8.80. The molecule has 24 heavy (non-hydrogen) atoms. The van der Waals surface area contributed by atoms with Gasteiger partial charge in [0.15, 0.2) is 0 Å². The van der Waals surface area contributed by atoms with Crippen LogP contribution in [-0.2, 0) is 6.54 Å². The van der Waals surface area contributed by atoms with Crippen molar-refractivity contribution in [2.45, 2.75) is 32.4 Å². The van der Waals surface area contributed by atoms with E-state index in [1.54, 1.807) is 7.11 Å². The first kappa shape index (κ1) is 17.0. The van der Waals surface area contributed by atoms with E-state index >= 15 is 0 Å². The Kier molecular flexibility index (Phi) is 5.54. The maximum absolute atomic E-state index is 9.71. The molecule has 3 nitrogen and oxygen atoms in total. The third-order valence-corrected chi connectivity index (χ3v) is 5.09. The Labute approximate surface area is 144 Å². The van der Waals surface area contributed by atoms with Crippen LogP contribution in [0.25, 0.3) is 11.1 Å². The van der Waals surface area contributed by atoms with Gasteiger partial charge in [-0.15, -0.1) is 0 Å². The summed E-state index contributed by atoms with van der Waals surface area (Å²) in [5.74, 6) is 1.37. The lowest BCUT2D eigenvalue weighted by atomic mass is 9.92. The number of methoxy groups -OCH3 is 1. The van der Waals surface area contributed by atoms with Crippen LogP contribution in [-0.4, -0.2) is 36.3 Å². The summed E-state index contributed by atoms with van der Waals surface area (Å²) in [6, 6.07) is 16.9. The topological polar surface area (TPSA) is 32.7 Å². The standard InChI is InChI=1S/C21H27NO2/c1-16(23)18-11-13-22(14-12-18)15-17-7-9-19(10-8-17)20-5-3-4-6-21(20)24-2/h3-10,16,18,23H,11-15H2,1-2H3. The highest BCUT2D eigenvalue weighted by Gasteiger charge is 2.22. The first-order valence-corrected chi connectivity index (χ1v) is 8.80. The highest BCUT2D eigenvalue weighted by atomic mass is 16.5. The van der Waals surface area contributed by atoms with Gasteiger partial charge >= 0.3 is 0 Å². The van der Waals surface area contributed by atoms with Crippen molar-refractivity contribution in [1.82, 2.24) is 4.90 Å². The molecule has 1 aliphatic heterocycles. The number of aliphatic hydroxyl groups is 1. The fourth-order valence-corrected chi connectivity index (χ4v) is 3.52. The number of para-hydroxylation sites is 1. The largest absolute Gasteiger partial charge is 0.496 e. The molecular weight excluding hydrogens is 298 g/mol. The summed E-state index contributed by atoms with van der Waals surface area (Å²) in [6.07, 6.45) is 2.01. The van der Waals surface area contributed by atoms with Gasteiger partial charge in [-0.1, -0.05) is 42.5 Å². The molecule has 0 amide bonds. The van der Waals surface area contributed by atoms with Crippen LogP contribution in [0.2, 0.25) is 0 Å². The second-order valence-corrected chi connectivity index (χ2v) is 6.75. The number of likely N-dealkylation sites (tertiary alicyclic amines) is 1. The summed E-state index contributed by atoms with van der Waals surface area (Å²) in [4.78, 5) is 2.48. The van der Waals surface area contributed by atoms with Crippen LogP contribution in [0.5, 0.6) is 5.75 Å². The van der Waals surface area contributed by atoms with Gasteiger partial charge in [-0.3, -0.25) is 4.90 Å². The minimum atomic E-state index is -0.174. The van der Waals surface area contributed by atoms with Gasteiger partial charge in [-0.2, -0.15) is 0 Å². The molecule has 0 aromatic heterocycles. The Bertz CT molecular complexity index is 643. The number of piperidine rings is 1. The molecule has 2 aromatic carbocycles. The van der Waals surface area contributed by atoms with Gasteiger partial charge in [-0.05, 0) is 56.0 Å². The van der Waals surface area contributed by atoms with Crippen molar-refractivity contribution >= 4 is 0 Å². The van der Waals surface area contributed by atoms with Gasteiger partial charge in [0.1, 0.15) is 5.75 Å². The van der Waals surface area contributed by atoms with Crippen molar-refractivity contribution in [2.24, 2.45) is 5.92 Å². The minimum absolute atomic E-state index is 0.174. The molecule has 0 saturated carbocycles. The van der Waals surface area contributed by atoms with E-state index in [0.29, 0.717) is 5.92 Å². The Morgan fingerprint density at radius 3 is 2.38 bits per heavy atom. The van der Waals surface area contributed by atoms with Crippen molar-refractivity contribution in [2.75, 3.05) is 20.2 Å². The highest BCUT2D eigenvalue weighted by Crippen LogP contribution is 2.30. The van der Waals surface area contributed by atoms with Crippen LogP contribution in [0.1, 0.15) is 25.3 Å². The van der Waals surface area contributed by atoms with E-state index in [2.05, 4.69) is 35.2 Å². The zero-order valence-corrected chi connectivity index (χ0v) is 14.6. The summed E-state index contributed by atoms with van der Waals surface area (Å²) in [7, 11) is 1.71. The van der Waals surface area contributed by atoms with Crippen LogP contribution >= 0.6 is 0 Å². The fourth-order valence-electron chi connectivity index (χ4n) is 3.52. The van der Waals surface area contributed by atoms with Gasteiger partial charge in [0, 0.05) is 12.1 Å². The molecule has 1 N–H and O–H groups in total. The van der Waals surface area contributed by atoms with Crippen LogP contribution in [0.3, 0.4) is 0 Å². The molecule has 0 bridgehead atoms. The smallest absolute Gasteiger partial charge is 0.126 e. The van der Waals surface area contributed by atoms with Gasteiger partial charge < -0.3 is 9.84 Å². The fraction of sp³-hybridized carbons (Fsp3) is 0.429. The van der Waals surface area contributed by atoms with E-state index in [0.717, 1.165) is 43.8 Å². The van der Waals surface area contributed by atoms with E-state index < -0.39 is 0 Å². The van der Waals surface area contributed by atoms with E-state index in [4.69, 9.17) is 4.74 Å². The van der Waals surface area contributed by atoms with Crippen LogP contribution in [0, 0.1) is 5.92 Å². The zero-order valence-electron chi connectivity index (χ0n) is 14.6. The second kappa shape index (κ2) is 7.82. The number of ether oxygens (including phenoxy) is 1. The molecule has 1 atom stereocenters. The second-order valence-electron chi connectivity index (χ2n) is 6.75. The van der Waals surface area contributed by atoms with E-state index in [9.17, 15) is 5.11 Å². The molecule has 0 aliphatic carbocycles. The van der Waals surface area contributed by atoms with Gasteiger partial charge in [0.25, 0.3) is 0 Å². The molecule has 128 valence electrons. The van der Waals surface area contributed by atoms with Crippen molar-refractivity contribution < 1.29 is 9.84 Å². The number of benzene rings is 2. The number of nitrogens with zero attached hydrogens (tertiary/aromatic N) is 1. The summed E-state index contributed by atoms with van der Waals surface area (Å²) in [6.45, 7) is 5.04. The molecule has 1 aliphatic rings. The van der Waals surface area contributed by atoms with Crippen molar-refractivity contribution in [1.29, 1.82) is 0 Å². The minimum Gasteiger partial charge on any atom is -0.496 e. The van der Waals surface area contributed by atoms with E-state index in [-0.39, 0.29) is 6.10 Å². The van der Waals surface area contributed by atoms with E-state index in [1.807, 2.05) is 25.1 Å². The molecule has 1 fully saturated rings. The monoisotopic (exact) mass is 325 g/mol. The van der Waals surface area contributed by atoms with Gasteiger partial charge in [0.2, 0.25) is 0 Å². The number of hydrogen-bond donors (Lipinski definition) is 1. The highest BCUT2D eigenvalue weighted by molar-refractivity contribution is 5.70. The van der Waals surface area contributed by atoms with Crippen LogP contribution < -0.4 is 4.74 Å². The number of rotatable bonds is 5. The summed E-state index contributed by atoms with van der Waals surface area (Å²) in [5, 5.41) is 9.71. The quantitative estimate of drug-likeness (QED) is 0.903. The van der Waals surface area contributed by atoms with Crippen LogP contribution in [0.15, 0.2) is 48.5 Å². The van der Waals surface area contributed by atoms with Crippen LogP contribution in [0.4, 0.5) is 0 Å². The molecule has 2 aromatic rings. The van der Waals surface area contributed by atoms with E-state index in [1.165, 1.54) is 11.1 Å². The average molecular weight is 325 g/mol. The molecule has 3 rings (SSSR count). The molecular formula is C21H27NO2. The SMILES string of the molecule is COc1ccccc1-c1ccc(CN2CCC(C(C)O)CC2)cc1.